The Balaban J connectivity index is 1.52. The van der Waals surface area contributed by atoms with E-state index in [-0.39, 0.29) is 12.3 Å². The van der Waals surface area contributed by atoms with Crippen LogP contribution in [0.5, 0.6) is 5.75 Å². The molecule has 0 bridgehead atoms. The maximum absolute atomic E-state index is 14.0. The summed E-state index contributed by atoms with van der Waals surface area (Å²) < 4.78 is 5.17. The summed E-state index contributed by atoms with van der Waals surface area (Å²) in [6.45, 7) is 1.65. The van der Waals surface area contributed by atoms with Crippen LogP contribution in [0.25, 0.3) is 0 Å². The van der Waals surface area contributed by atoms with Gasteiger partial charge in [0.05, 0.1) is 25.1 Å². The van der Waals surface area contributed by atoms with Gasteiger partial charge in [-0.15, -0.1) is 0 Å². The first-order valence-corrected chi connectivity index (χ1v) is 12.8. The molecular weight excluding hydrogens is 504 g/mol. The molecule has 1 aliphatic rings. The van der Waals surface area contributed by atoms with Crippen molar-refractivity contribution in [2.24, 2.45) is 4.99 Å². The number of aliphatic imine (C=N–C) groups is 1. The van der Waals surface area contributed by atoms with Crippen LogP contribution in [-0.4, -0.2) is 43.3 Å². The number of carbonyl (C=O) groups is 3. The summed E-state index contributed by atoms with van der Waals surface area (Å²) in [5.74, 6) is -0.0928. The highest BCUT2D eigenvalue weighted by atomic mass is 16.5. The summed E-state index contributed by atoms with van der Waals surface area (Å²) in [6.07, 6.45) is -1.29. The van der Waals surface area contributed by atoms with Crippen molar-refractivity contribution in [3.05, 3.63) is 125 Å². The smallest absolute Gasteiger partial charge is 0.321 e. The Morgan fingerprint density at radius 2 is 1.55 bits per heavy atom. The standard InChI is InChI=1S/C32H28N4O4/c1-21-10-6-7-13-25(21)28(37)20-36-27-15-9-8-14-26(27)29(22-11-4-3-5-12-22)34-30(31(36)38)35-32(39)33-23-16-18-24(40-2)19-17-23/h3-19,30H,20H2,1-2H3,(H2,33,35,39)/t30-/m0/s1. The van der Waals surface area contributed by atoms with Gasteiger partial charge in [-0.05, 0) is 42.8 Å². The number of fused-ring (bicyclic) bond motifs is 1. The van der Waals surface area contributed by atoms with Gasteiger partial charge >= 0.3 is 6.03 Å². The second kappa shape index (κ2) is 11.7. The number of carbonyl (C=O) groups excluding carboxylic acids is 3. The average molecular weight is 533 g/mol. The van der Waals surface area contributed by atoms with Gasteiger partial charge in [-0.2, -0.15) is 0 Å². The second-order valence-corrected chi connectivity index (χ2v) is 9.25. The number of aryl methyl sites for hydroxylation is 1. The zero-order valence-corrected chi connectivity index (χ0v) is 22.1. The van der Waals surface area contributed by atoms with Gasteiger partial charge in [0.1, 0.15) is 5.75 Å². The number of amides is 3. The summed E-state index contributed by atoms with van der Waals surface area (Å²) in [5, 5.41) is 5.44. The topological polar surface area (TPSA) is 100 Å². The summed E-state index contributed by atoms with van der Waals surface area (Å²) in [7, 11) is 1.56. The van der Waals surface area contributed by atoms with Crippen molar-refractivity contribution in [3.8, 4) is 5.75 Å². The Hall–Kier alpha value is -5.24. The molecule has 8 nitrogen and oxygen atoms in total. The molecule has 4 aromatic carbocycles. The lowest BCUT2D eigenvalue weighted by atomic mass is 9.99. The molecule has 5 rings (SSSR count). The Morgan fingerprint density at radius 1 is 0.875 bits per heavy atom. The van der Waals surface area contributed by atoms with Gasteiger partial charge in [0.15, 0.2) is 5.78 Å². The molecule has 0 radical (unpaired) electrons. The van der Waals surface area contributed by atoms with Crippen molar-refractivity contribution in [3.63, 3.8) is 0 Å². The molecule has 1 heterocycles. The van der Waals surface area contributed by atoms with Crippen LogP contribution in [0.1, 0.15) is 27.0 Å². The van der Waals surface area contributed by atoms with E-state index in [1.165, 1.54) is 4.90 Å². The number of nitrogens with zero attached hydrogens (tertiary/aromatic N) is 2. The fourth-order valence-corrected chi connectivity index (χ4v) is 4.59. The number of hydrogen-bond acceptors (Lipinski definition) is 5. The van der Waals surface area contributed by atoms with Crippen molar-refractivity contribution >= 4 is 34.8 Å². The molecule has 2 N–H and O–H groups in total. The van der Waals surface area contributed by atoms with Crippen molar-refractivity contribution < 1.29 is 19.1 Å². The number of urea groups is 1. The molecule has 0 saturated heterocycles. The molecule has 1 aliphatic heterocycles. The molecule has 0 aromatic heterocycles. The molecule has 1 atom stereocenters. The Morgan fingerprint density at radius 3 is 2.27 bits per heavy atom. The number of methoxy groups -OCH3 is 1. The Bertz CT molecular complexity index is 1580. The molecule has 4 aromatic rings. The van der Waals surface area contributed by atoms with Gasteiger partial charge < -0.3 is 20.3 Å². The third-order valence-corrected chi connectivity index (χ3v) is 6.62. The Labute approximate surface area is 232 Å². The molecule has 0 spiro atoms. The fraction of sp³-hybridized carbons (Fsp3) is 0.125. The predicted molar refractivity (Wildman–Crippen MR) is 155 cm³/mol. The number of benzodiazepines with no additional fused rings is 1. The van der Waals surface area contributed by atoms with Gasteiger partial charge in [-0.25, -0.2) is 9.79 Å². The molecule has 200 valence electrons. The highest BCUT2D eigenvalue weighted by Gasteiger charge is 2.34. The highest BCUT2D eigenvalue weighted by molar-refractivity contribution is 6.21. The first-order chi connectivity index (χ1) is 19.4. The van der Waals surface area contributed by atoms with Crippen LogP contribution in [0, 0.1) is 6.92 Å². The molecule has 0 saturated carbocycles. The maximum Gasteiger partial charge on any atom is 0.321 e. The van der Waals surface area contributed by atoms with Crippen LogP contribution in [0.3, 0.4) is 0 Å². The molecular formula is C32H28N4O4. The number of hydrogen-bond donors (Lipinski definition) is 2. The maximum atomic E-state index is 14.0. The van der Waals surface area contributed by atoms with Crippen molar-refractivity contribution in [1.29, 1.82) is 0 Å². The van der Waals surface area contributed by atoms with Gasteiger partial charge in [0.25, 0.3) is 5.91 Å². The SMILES string of the molecule is COc1ccc(NC(=O)N[C@@H]2N=C(c3ccccc3)c3ccccc3N(CC(=O)c3ccccc3C)C2=O)cc1. The number of nitrogens with one attached hydrogen (secondary N) is 2. The number of Topliss-reactive ketones (excluding diaryl/α,β-unsaturated/α-hetero) is 1. The van der Waals surface area contributed by atoms with Crippen LogP contribution in [0.4, 0.5) is 16.2 Å². The normalized spacial score (nSPS) is 14.4. The molecule has 8 heteroatoms. The van der Waals surface area contributed by atoms with E-state index < -0.39 is 18.1 Å². The summed E-state index contributed by atoms with van der Waals surface area (Å²) >= 11 is 0. The van der Waals surface area contributed by atoms with Gasteiger partial charge in [-0.3, -0.25) is 9.59 Å². The molecule has 3 amide bonds. The van der Waals surface area contributed by atoms with Crippen molar-refractivity contribution in [1.82, 2.24) is 5.32 Å². The van der Waals surface area contributed by atoms with Crippen LogP contribution >= 0.6 is 0 Å². The van der Waals surface area contributed by atoms with Crippen molar-refractivity contribution in [2.45, 2.75) is 13.1 Å². The van der Waals surface area contributed by atoms with E-state index in [2.05, 4.69) is 10.6 Å². The van der Waals surface area contributed by atoms with Gasteiger partial charge in [0, 0.05) is 22.4 Å². The molecule has 0 fully saturated rings. The van der Waals surface area contributed by atoms with Crippen LogP contribution < -0.4 is 20.3 Å². The van der Waals surface area contributed by atoms with Crippen molar-refractivity contribution in [2.75, 3.05) is 23.9 Å². The van der Waals surface area contributed by atoms with E-state index >= 15 is 0 Å². The first-order valence-electron chi connectivity index (χ1n) is 12.8. The number of ether oxygens (including phenoxy) is 1. The lowest BCUT2D eigenvalue weighted by molar-refractivity contribution is -0.120. The zero-order chi connectivity index (χ0) is 28.1. The van der Waals surface area contributed by atoms with Gasteiger partial charge in [0.2, 0.25) is 6.17 Å². The lowest BCUT2D eigenvalue weighted by Gasteiger charge is -2.25. The quantitative estimate of drug-likeness (QED) is 0.319. The number of benzene rings is 4. The van der Waals surface area contributed by atoms with Crippen LogP contribution in [-0.2, 0) is 4.79 Å². The van der Waals surface area contributed by atoms with E-state index in [0.717, 1.165) is 11.1 Å². The van der Waals surface area contributed by atoms with Crippen LogP contribution in [0.15, 0.2) is 108 Å². The lowest BCUT2D eigenvalue weighted by Crippen LogP contribution is -2.50. The Kier molecular flexibility index (Phi) is 7.68. The third-order valence-electron chi connectivity index (χ3n) is 6.62. The molecule has 40 heavy (non-hydrogen) atoms. The summed E-state index contributed by atoms with van der Waals surface area (Å²) in [5.41, 5.74) is 4.39. The number of anilines is 2. The summed E-state index contributed by atoms with van der Waals surface area (Å²) in [6, 6.07) is 30.2. The van der Waals surface area contributed by atoms with Gasteiger partial charge in [-0.1, -0.05) is 72.8 Å². The average Bonchev–Trinajstić information content (AvgIpc) is 3.09. The zero-order valence-electron chi connectivity index (χ0n) is 22.1. The minimum atomic E-state index is -1.29. The first kappa shape index (κ1) is 26.4. The largest absolute Gasteiger partial charge is 0.497 e. The molecule has 0 unspecified atom stereocenters. The monoisotopic (exact) mass is 532 g/mol. The predicted octanol–water partition coefficient (Wildman–Crippen LogP) is 5.22. The molecule has 0 aliphatic carbocycles. The van der Waals surface area contributed by atoms with Crippen LogP contribution in [0.2, 0.25) is 0 Å². The number of ketones is 1. The second-order valence-electron chi connectivity index (χ2n) is 9.25. The van der Waals surface area contributed by atoms with E-state index in [9.17, 15) is 14.4 Å². The number of para-hydroxylation sites is 1. The fourth-order valence-electron chi connectivity index (χ4n) is 4.59. The highest BCUT2D eigenvalue weighted by Crippen LogP contribution is 2.29. The summed E-state index contributed by atoms with van der Waals surface area (Å²) in [4.78, 5) is 46.6. The van der Waals surface area contributed by atoms with E-state index in [1.807, 2.05) is 67.6 Å². The third kappa shape index (κ3) is 5.61. The number of rotatable bonds is 7. The van der Waals surface area contributed by atoms with E-state index in [0.29, 0.717) is 34.0 Å². The minimum absolute atomic E-state index is 0.212. The van der Waals surface area contributed by atoms with E-state index in [1.54, 1.807) is 49.6 Å². The minimum Gasteiger partial charge on any atom is -0.497 e. The van der Waals surface area contributed by atoms with E-state index in [4.69, 9.17) is 9.73 Å².